The number of phenols is 1. The second-order valence-electron chi connectivity index (χ2n) is 6.35. The average Bonchev–Trinajstić information content (AvgIpc) is 2.67. The SMILES string of the molecule is Cc1ccc(CC(=O)NCCSSCCNC(=O)Cc2ccc(O)cc2)cc1. The molecule has 0 fully saturated rings. The highest BCUT2D eigenvalue weighted by molar-refractivity contribution is 8.76. The molecule has 0 unspecified atom stereocenters. The Bertz CT molecular complexity index is 684. The summed E-state index contributed by atoms with van der Waals surface area (Å²) in [4.78, 5) is 23.7. The number of carbonyl (C=O) groups is 2. The van der Waals surface area contributed by atoms with Gasteiger partial charge in [0.1, 0.15) is 5.75 Å². The predicted octanol–water partition coefficient (Wildman–Crippen LogP) is 3.10. The van der Waals surface area contributed by atoms with Gasteiger partial charge in [0.25, 0.3) is 0 Å². The molecule has 3 N–H and O–H groups in total. The maximum Gasteiger partial charge on any atom is 0.224 e. The molecule has 2 amide bonds. The number of carbonyl (C=O) groups excluding carboxylic acids is 2. The molecule has 0 saturated heterocycles. The van der Waals surface area contributed by atoms with E-state index in [1.54, 1.807) is 45.9 Å². The summed E-state index contributed by atoms with van der Waals surface area (Å²) >= 11 is 0. The lowest BCUT2D eigenvalue weighted by Gasteiger charge is -2.07. The summed E-state index contributed by atoms with van der Waals surface area (Å²) in [7, 11) is 3.36. The number of hydrogen-bond donors (Lipinski definition) is 3. The minimum Gasteiger partial charge on any atom is -0.508 e. The Morgan fingerprint density at radius 2 is 1.21 bits per heavy atom. The van der Waals surface area contributed by atoms with Gasteiger partial charge in [-0.05, 0) is 30.2 Å². The van der Waals surface area contributed by atoms with Crippen molar-refractivity contribution in [2.75, 3.05) is 24.6 Å². The first-order valence-electron chi connectivity index (χ1n) is 9.14. The minimum atomic E-state index is -0.0281. The topological polar surface area (TPSA) is 78.4 Å². The normalized spacial score (nSPS) is 10.5. The summed E-state index contributed by atoms with van der Waals surface area (Å²) in [6.45, 7) is 3.27. The third-order valence-corrected chi connectivity index (χ3v) is 6.29. The first-order chi connectivity index (χ1) is 13.5. The van der Waals surface area contributed by atoms with Crippen molar-refractivity contribution in [2.45, 2.75) is 19.8 Å². The van der Waals surface area contributed by atoms with Gasteiger partial charge in [-0.2, -0.15) is 0 Å². The van der Waals surface area contributed by atoms with Gasteiger partial charge < -0.3 is 15.7 Å². The Balaban J connectivity index is 1.45. The van der Waals surface area contributed by atoms with Crippen LogP contribution in [0.2, 0.25) is 0 Å². The lowest BCUT2D eigenvalue weighted by Crippen LogP contribution is -2.27. The Kier molecular flexibility index (Phi) is 9.79. The second kappa shape index (κ2) is 12.4. The van der Waals surface area contributed by atoms with E-state index in [1.165, 1.54) is 5.56 Å². The summed E-state index contributed by atoms with van der Waals surface area (Å²) < 4.78 is 0. The van der Waals surface area contributed by atoms with E-state index in [2.05, 4.69) is 10.6 Å². The highest BCUT2D eigenvalue weighted by Gasteiger charge is 2.04. The molecule has 2 rings (SSSR count). The molecule has 0 saturated carbocycles. The van der Waals surface area contributed by atoms with Crippen LogP contribution in [0.15, 0.2) is 48.5 Å². The average molecular weight is 419 g/mol. The van der Waals surface area contributed by atoms with Crippen LogP contribution in [0.3, 0.4) is 0 Å². The van der Waals surface area contributed by atoms with Gasteiger partial charge in [0.15, 0.2) is 0 Å². The van der Waals surface area contributed by atoms with Crippen LogP contribution in [-0.4, -0.2) is 41.5 Å². The van der Waals surface area contributed by atoms with E-state index in [1.807, 2.05) is 31.2 Å². The Hall–Kier alpha value is -2.12. The molecule has 2 aromatic rings. The fourth-order valence-electron chi connectivity index (χ4n) is 2.40. The Morgan fingerprint density at radius 3 is 1.68 bits per heavy atom. The van der Waals surface area contributed by atoms with E-state index >= 15 is 0 Å². The first kappa shape index (κ1) is 22.2. The van der Waals surface area contributed by atoms with Gasteiger partial charge >= 0.3 is 0 Å². The van der Waals surface area contributed by atoms with Crippen molar-refractivity contribution in [1.29, 1.82) is 0 Å². The number of phenolic OH excluding ortho intramolecular Hbond substituents is 1. The number of nitrogens with one attached hydrogen (secondary N) is 2. The molecule has 0 aliphatic carbocycles. The standard InChI is InChI=1S/C21H26N2O3S2/c1-16-2-4-17(5-3-16)14-20(25)22-10-12-27-28-13-11-23-21(26)15-18-6-8-19(24)9-7-18/h2-9,24H,10-15H2,1H3,(H,22,25)(H,23,26). The van der Waals surface area contributed by atoms with E-state index in [-0.39, 0.29) is 17.6 Å². The van der Waals surface area contributed by atoms with E-state index in [0.717, 1.165) is 22.6 Å². The van der Waals surface area contributed by atoms with Crippen LogP contribution >= 0.6 is 21.6 Å². The van der Waals surface area contributed by atoms with E-state index in [4.69, 9.17) is 0 Å². The summed E-state index contributed by atoms with van der Waals surface area (Å²) in [5, 5.41) is 15.0. The number of amides is 2. The third-order valence-electron chi connectivity index (χ3n) is 3.88. The highest BCUT2D eigenvalue weighted by Crippen LogP contribution is 2.19. The van der Waals surface area contributed by atoms with Crippen molar-refractivity contribution in [1.82, 2.24) is 10.6 Å². The first-order valence-corrected chi connectivity index (χ1v) is 11.6. The number of benzene rings is 2. The number of aromatic hydroxyl groups is 1. The summed E-state index contributed by atoms with van der Waals surface area (Å²) in [6.07, 6.45) is 0.719. The second-order valence-corrected chi connectivity index (χ2v) is 9.05. The maximum absolute atomic E-state index is 11.9. The number of hydrogen-bond acceptors (Lipinski definition) is 5. The minimum absolute atomic E-state index is 0.0281. The van der Waals surface area contributed by atoms with E-state index in [9.17, 15) is 14.7 Å². The summed E-state index contributed by atoms with van der Waals surface area (Å²) in [5.74, 6) is 1.84. The molecule has 0 aliphatic heterocycles. The molecule has 2 aromatic carbocycles. The molecule has 0 radical (unpaired) electrons. The van der Waals surface area contributed by atoms with Crippen LogP contribution in [0.5, 0.6) is 5.75 Å². The molecule has 0 aliphatic rings. The zero-order chi connectivity index (χ0) is 20.2. The van der Waals surface area contributed by atoms with Gasteiger partial charge in [0, 0.05) is 24.6 Å². The van der Waals surface area contributed by atoms with Gasteiger partial charge in [0.05, 0.1) is 12.8 Å². The summed E-state index contributed by atoms with van der Waals surface area (Å²) in [5.41, 5.74) is 3.08. The molecule has 7 heteroatoms. The smallest absolute Gasteiger partial charge is 0.224 e. The monoisotopic (exact) mass is 418 g/mol. The molecular weight excluding hydrogens is 392 g/mol. The predicted molar refractivity (Wildman–Crippen MR) is 118 cm³/mol. The van der Waals surface area contributed by atoms with Crippen LogP contribution < -0.4 is 10.6 Å². The zero-order valence-electron chi connectivity index (χ0n) is 15.9. The van der Waals surface area contributed by atoms with Crippen molar-refractivity contribution < 1.29 is 14.7 Å². The van der Waals surface area contributed by atoms with Gasteiger partial charge in [-0.15, -0.1) is 0 Å². The molecule has 28 heavy (non-hydrogen) atoms. The fourth-order valence-corrected chi connectivity index (χ4v) is 4.21. The number of rotatable bonds is 11. The van der Waals surface area contributed by atoms with Gasteiger partial charge in [-0.1, -0.05) is 63.5 Å². The van der Waals surface area contributed by atoms with Gasteiger partial charge in [-0.25, -0.2) is 0 Å². The molecular formula is C21H26N2O3S2. The lowest BCUT2D eigenvalue weighted by atomic mass is 10.1. The maximum atomic E-state index is 11.9. The largest absolute Gasteiger partial charge is 0.508 e. The molecule has 0 bridgehead atoms. The molecule has 0 spiro atoms. The highest BCUT2D eigenvalue weighted by atomic mass is 33.1. The summed E-state index contributed by atoms with van der Waals surface area (Å²) in [6, 6.07) is 14.6. The quantitative estimate of drug-likeness (QED) is 0.386. The molecule has 0 heterocycles. The van der Waals surface area contributed by atoms with Crippen molar-refractivity contribution in [3.05, 3.63) is 65.2 Å². The van der Waals surface area contributed by atoms with Crippen molar-refractivity contribution in [3.8, 4) is 5.75 Å². The van der Waals surface area contributed by atoms with E-state index < -0.39 is 0 Å². The van der Waals surface area contributed by atoms with Crippen LogP contribution in [0.4, 0.5) is 0 Å². The van der Waals surface area contributed by atoms with Gasteiger partial charge in [0.2, 0.25) is 11.8 Å². The van der Waals surface area contributed by atoms with Crippen molar-refractivity contribution >= 4 is 33.4 Å². The van der Waals surface area contributed by atoms with Crippen LogP contribution in [-0.2, 0) is 22.4 Å². The van der Waals surface area contributed by atoms with Crippen molar-refractivity contribution in [2.24, 2.45) is 0 Å². The Labute approximate surface area is 174 Å². The molecule has 0 atom stereocenters. The van der Waals surface area contributed by atoms with Crippen LogP contribution in [0, 0.1) is 6.92 Å². The number of aryl methyl sites for hydroxylation is 1. The fraction of sp³-hybridized carbons (Fsp3) is 0.333. The molecule has 150 valence electrons. The Morgan fingerprint density at radius 1 is 0.786 bits per heavy atom. The zero-order valence-corrected chi connectivity index (χ0v) is 17.6. The molecule has 0 aromatic heterocycles. The van der Waals surface area contributed by atoms with Gasteiger partial charge in [-0.3, -0.25) is 9.59 Å². The van der Waals surface area contributed by atoms with Crippen molar-refractivity contribution in [3.63, 3.8) is 0 Å². The van der Waals surface area contributed by atoms with Crippen LogP contribution in [0.1, 0.15) is 16.7 Å². The molecule has 5 nitrogen and oxygen atoms in total. The third kappa shape index (κ3) is 9.19. The van der Waals surface area contributed by atoms with E-state index in [0.29, 0.717) is 25.9 Å². The lowest BCUT2D eigenvalue weighted by molar-refractivity contribution is -0.121. The van der Waals surface area contributed by atoms with Crippen LogP contribution in [0.25, 0.3) is 0 Å².